The number of carbonyl (C=O) groups is 1. The molecule has 0 N–H and O–H groups in total. The van der Waals surface area contributed by atoms with Crippen LogP contribution in [0.15, 0.2) is 54.6 Å². The van der Waals surface area contributed by atoms with Crippen molar-refractivity contribution < 1.29 is 14.0 Å². The molecule has 2 atom stereocenters. The van der Waals surface area contributed by atoms with Crippen molar-refractivity contribution in [3.63, 3.8) is 0 Å². The third-order valence-corrected chi connectivity index (χ3v) is 12.4. The molecule has 5 heteroatoms. The smallest absolute Gasteiger partial charge is 0.337 e. The number of hydrogen-bond acceptors (Lipinski definition) is 4. The highest BCUT2D eigenvalue weighted by molar-refractivity contribution is 6.77. The molecule has 166 valence electrons. The molecule has 2 aromatic rings. The van der Waals surface area contributed by atoms with Gasteiger partial charge >= 0.3 is 5.97 Å². The SMILES string of the molecule is COC(=O)c1ccc(C(O[Si](C(C)C)(C(C)C)C(C)C)C(C#N)c2ccccc2)cc1. The second-order valence-electron chi connectivity index (χ2n) is 8.99. The van der Waals surface area contributed by atoms with E-state index in [-0.39, 0.29) is 5.97 Å². The van der Waals surface area contributed by atoms with Gasteiger partial charge in [0, 0.05) is 0 Å². The van der Waals surface area contributed by atoms with E-state index in [9.17, 15) is 10.1 Å². The maximum Gasteiger partial charge on any atom is 0.337 e. The average Bonchev–Trinajstić information content (AvgIpc) is 2.76. The second-order valence-corrected chi connectivity index (χ2v) is 14.4. The molecule has 0 saturated heterocycles. The molecule has 0 aliphatic heterocycles. The molecule has 31 heavy (non-hydrogen) atoms. The number of nitriles is 1. The fourth-order valence-electron chi connectivity index (χ4n) is 4.86. The van der Waals surface area contributed by atoms with Crippen LogP contribution in [0.2, 0.25) is 16.6 Å². The third-order valence-electron chi connectivity index (χ3n) is 6.30. The topological polar surface area (TPSA) is 59.3 Å². The van der Waals surface area contributed by atoms with Gasteiger partial charge in [-0.2, -0.15) is 5.26 Å². The fourth-order valence-corrected chi connectivity index (χ4v) is 10.4. The molecule has 4 nitrogen and oxygen atoms in total. The molecular formula is C26H35NO3Si. The number of rotatable bonds is 9. The lowest BCUT2D eigenvalue weighted by Gasteiger charge is -2.45. The van der Waals surface area contributed by atoms with E-state index in [0.29, 0.717) is 22.2 Å². The quantitative estimate of drug-likeness (QED) is 0.312. The predicted molar refractivity (Wildman–Crippen MR) is 127 cm³/mol. The zero-order valence-corrected chi connectivity index (χ0v) is 20.8. The first kappa shape index (κ1) is 24.8. The van der Waals surface area contributed by atoms with E-state index in [1.54, 1.807) is 12.1 Å². The number of hydrogen-bond donors (Lipinski definition) is 0. The Morgan fingerprint density at radius 3 is 1.77 bits per heavy atom. The molecule has 0 radical (unpaired) electrons. The Morgan fingerprint density at radius 1 is 0.839 bits per heavy atom. The number of esters is 1. The van der Waals surface area contributed by atoms with Crippen molar-refractivity contribution in [2.45, 2.75) is 70.2 Å². The molecule has 0 spiro atoms. The van der Waals surface area contributed by atoms with Crippen molar-refractivity contribution in [2.75, 3.05) is 7.11 Å². The summed E-state index contributed by atoms with van der Waals surface area (Å²) in [5.74, 6) is -0.826. The van der Waals surface area contributed by atoms with Gasteiger partial charge in [0.1, 0.15) is 5.92 Å². The maximum absolute atomic E-state index is 11.9. The van der Waals surface area contributed by atoms with Gasteiger partial charge in [-0.3, -0.25) is 0 Å². The van der Waals surface area contributed by atoms with E-state index in [0.717, 1.165) is 11.1 Å². The van der Waals surface area contributed by atoms with E-state index >= 15 is 0 Å². The highest BCUT2D eigenvalue weighted by atomic mass is 28.4. The normalized spacial score (nSPS) is 13.8. The first-order valence-corrected chi connectivity index (χ1v) is 13.1. The third kappa shape index (κ3) is 5.26. The lowest BCUT2D eigenvalue weighted by molar-refractivity contribution is 0.0600. The first-order chi connectivity index (χ1) is 14.7. The zero-order chi connectivity index (χ0) is 23.2. The molecule has 0 saturated carbocycles. The van der Waals surface area contributed by atoms with Gasteiger partial charge < -0.3 is 9.16 Å². The first-order valence-electron chi connectivity index (χ1n) is 11.0. The molecule has 0 aliphatic rings. The summed E-state index contributed by atoms with van der Waals surface area (Å²) in [5.41, 5.74) is 3.49. The lowest BCUT2D eigenvalue weighted by Crippen LogP contribution is -2.49. The van der Waals surface area contributed by atoms with Gasteiger partial charge in [0.25, 0.3) is 0 Å². The lowest BCUT2D eigenvalue weighted by atomic mass is 9.90. The second kappa shape index (κ2) is 10.7. The van der Waals surface area contributed by atoms with E-state index in [2.05, 4.69) is 47.6 Å². The van der Waals surface area contributed by atoms with Gasteiger partial charge in [0.05, 0.1) is 24.8 Å². The molecule has 0 heterocycles. The average molecular weight is 438 g/mol. The van der Waals surface area contributed by atoms with Crippen LogP contribution in [0.3, 0.4) is 0 Å². The van der Waals surface area contributed by atoms with Crippen LogP contribution in [0.5, 0.6) is 0 Å². The largest absolute Gasteiger partial charge is 0.465 e. The van der Waals surface area contributed by atoms with Crippen molar-refractivity contribution in [3.8, 4) is 6.07 Å². The predicted octanol–water partition coefficient (Wildman–Crippen LogP) is 7.01. The minimum atomic E-state index is -2.27. The van der Waals surface area contributed by atoms with E-state index in [1.165, 1.54) is 7.11 Å². The van der Waals surface area contributed by atoms with Gasteiger partial charge in [0.2, 0.25) is 8.32 Å². The Kier molecular flexibility index (Phi) is 8.61. The summed E-state index contributed by atoms with van der Waals surface area (Å²) in [6.07, 6.45) is -0.419. The number of ether oxygens (including phenoxy) is 1. The van der Waals surface area contributed by atoms with Gasteiger partial charge in [-0.25, -0.2) is 4.79 Å². The Morgan fingerprint density at radius 2 is 1.35 bits per heavy atom. The van der Waals surface area contributed by atoms with Gasteiger partial charge in [0.15, 0.2) is 0 Å². The van der Waals surface area contributed by atoms with Crippen LogP contribution in [0.25, 0.3) is 0 Å². The highest BCUT2D eigenvalue weighted by Crippen LogP contribution is 2.48. The number of methoxy groups -OCH3 is 1. The summed E-state index contributed by atoms with van der Waals surface area (Å²) in [6, 6.07) is 19.6. The summed E-state index contributed by atoms with van der Waals surface area (Å²) >= 11 is 0. The number of carbonyl (C=O) groups excluding carboxylic acids is 1. The van der Waals surface area contributed by atoms with Crippen LogP contribution in [-0.4, -0.2) is 21.4 Å². The molecular weight excluding hydrogens is 402 g/mol. The monoisotopic (exact) mass is 437 g/mol. The number of nitrogens with zero attached hydrogens (tertiary/aromatic N) is 1. The van der Waals surface area contributed by atoms with Gasteiger partial charge in [-0.15, -0.1) is 0 Å². The Hall–Kier alpha value is -2.42. The molecule has 0 amide bonds. The number of benzene rings is 2. The van der Waals surface area contributed by atoms with Crippen LogP contribution in [0.1, 0.15) is 75.0 Å². The van der Waals surface area contributed by atoms with Crippen LogP contribution in [-0.2, 0) is 9.16 Å². The highest BCUT2D eigenvalue weighted by Gasteiger charge is 2.48. The molecule has 0 aromatic heterocycles. The van der Waals surface area contributed by atoms with Crippen molar-refractivity contribution in [3.05, 3.63) is 71.3 Å². The zero-order valence-electron chi connectivity index (χ0n) is 19.8. The minimum Gasteiger partial charge on any atom is -0.465 e. The van der Waals surface area contributed by atoms with Gasteiger partial charge in [-0.1, -0.05) is 84.0 Å². The van der Waals surface area contributed by atoms with Crippen LogP contribution >= 0.6 is 0 Å². The Balaban J connectivity index is 2.62. The summed E-state index contributed by atoms with van der Waals surface area (Å²) in [6.45, 7) is 13.5. The van der Waals surface area contributed by atoms with E-state index in [1.807, 2.05) is 42.5 Å². The van der Waals surface area contributed by atoms with E-state index < -0.39 is 20.3 Å². The Bertz CT molecular complexity index is 863. The fraction of sp³-hybridized carbons (Fsp3) is 0.462. The molecule has 0 bridgehead atoms. The Labute approximate surface area is 188 Å². The summed E-state index contributed by atoms with van der Waals surface area (Å²) < 4.78 is 12.0. The molecule has 2 aromatic carbocycles. The summed E-state index contributed by atoms with van der Waals surface area (Å²) in [5, 5.41) is 10.2. The van der Waals surface area contributed by atoms with Gasteiger partial charge in [-0.05, 0) is 39.9 Å². The van der Waals surface area contributed by atoms with E-state index in [4.69, 9.17) is 9.16 Å². The summed E-state index contributed by atoms with van der Waals surface area (Å²) in [7, 11) is -0.898. The standard InChI is InChI=1S/C26H35NO3Si/c1-18(2)31(19(3)4,20(5)6)30-25(24(17-27)21-11-9-8-10-12-21)22-13-15-23(16-14-22)26(28)29-7/h8-16,18-20,24-25H,1-7H3. The van der Waals surface area contributed by atoms with Crippen molar-refractivity contribution in [1.29, 1.82) is 5.26 Å². The molecule has 2 unspecified atom stereocenters. The van der Waals surface area contributed by atoms with Crippen LogP contribution < -0.4 is 0 Å². The molecule has 0 aliphatic carbocycles. The van der Waals surface area contributed by atoms with Crippen LogP contribution in [0, 0.1) is 11.3 Å². The minimum absolute atomic E-state index is 0.376. The van der Waals surface area contributed by atoms with Crippen molar-refractivity contribution >= 4 is 14.3 Å². The van der Waals surface area contributed by atoms with Crippen LogP contribution in [0.4, 0.5) is 0 Å². The van der Waals surface area contributed by atoms with Crippen molar-refractivity contribution in [1.82, 2.24) is 0 Å². The maximum atomic E-state index is 11.9. The molecule has 0 fully saturated rings. The summed E-state index contributed by atoms with van der Waals surface area (Å²) in [4.78, 5) is 11.9. The van der Waals surface area contributed by atoms with Crippen molar-refractivity contribution in [2.24, 2.45) is 0 Å². The molecule has 2 rings (SSSR count).